The Morgan fingerprint density at radius 3 is 2.53 bits per heavy atom. The molecule has 1 aromatic carbocycles. The second kappa shape index (κ2) is 9.18. The molecule has 3 rings (SSSR count). The summed E-state index contributed by atoms with van der Waals surface area (Å²) in [7, 11) is -2.23. The van der Waals surface area contributed by atoms with Crippen molar-refractivity contribution < 1.29 is 8.42 Å². The number of hydrogen-bond acceptors (Lipinski definition) is 5. The van der Waals surface area contributed by atoms with E-state index >= 15 is 0 Å². The van der Waals surface area contributed by atoms with E-state index < -0.39 is 10.0 Å². The Kier molecular flexibility index (Phi) is 6.94. The summed E-state index contributed by atoms with van der Waals surface area (Å²) in [5.74, 6) is 1.37. The number of benzene rings is 1. The highest BCUT2D eigenvalue weighted by molar-refractivity contribution is 7.91. The van der Waals surface area contributed by atoms with Crippen LogP contribution in [0, 0.1) is 17.2 Å². The minimum Gasteiger partial charge on any atom is -0.330 e. The van der Waals surface area contributed by atoms with Gasteiger partial charge in [0.05, 0.1) is 11.6 Å². The molecule has 0 saturated heterocycles. The van der Waals surface area contributed by atoms with Crippen LogP contribution in [0.2, 0.25) is 0 Å². The molecule has 0 bridgehead atoms. The summed E-state index contributed by atoms with van der Waals surface area (Å²) in [6.45, 7) is 11.1. The molecule has 0 aliphatic carbocycles. The molecule has 0 unspecified atom stereocenters. The summed E-state index contributed by atoms with van der Waals surface area (Å²) in [6.07, 6.45) is 4.51. The van der Waals surface area contributed by atoms with Crippen LogP contribution < -0.4 is 4.72 Å². The summed E-state index contributed by atoms with van der Waals surface area (Å²) >= 11 is 1.27. The highest BCUT2D eigenvalue weighted by Crippen LogP contribution is 2.38. The molecular weight excluding hydrogens is 440 g/mol. The Labute approximate surface area is 195 Å². The number of thiophene rings is 1. The monoisotopic (exact) mass is 470 g/mol. The van der Waals surface area contributed by atoms with Crippen LogP contribution in [0.25, 0.3) is 11.1 Å². The van der Waals surface area contributed by atoms with Gasteiger partial charge in [0.1, 0.15) is 10.0 Å². The van der Waals surface area contributed by atoms with Crippen molar-refractivity contribution >= 4 is 21.4 Å². The van der Waals surface area contributed by atoms with Crippen molar-refractivity contribution in [2.45, 2.75) is 57.2 Å². The van der Waals surface area contributed by atoms with Gasteiger partial charge in [-0.1, -0.05) is 46.8 Å². The Morgan fingerprint density at radius 2 is 1.94 bits per heavy atom. The zero-order valence-corrected chi connectivity index (χ0v) is 21.1. The van der Waals surface area contributed by atoms with Crippen LogP contribution in [0.1, 0.15) is 56.4 Å². The van der Waals surface area contributed by atoms with Gasteiger partial charge in [-0.15, -0.1) is 11.3 Å². The maximum atomic E-state index is 12.7. The minimum atomic E-state index is -3.64. The number of nitrogens with zero attached hydrogens (tertiary/aromatic N) is 3. The predicted molar refractivity (Wildman–Crippen MR) is 129 cm³/mol. The fraction of sp³-hybridized carbons (Fsp3) is 0.417. The van der Waals surface area contributed by atoms with Crippen molar-refractivity contribution in [3.8, 4) is 17.2 Å². The first-order chi connectivity index (χ1) is 15.0. The van der Waals surface area contributed by atoms with E-state index in [1.54, 1.807) is 6.20 Å². The number of sulfonamides is 1. The first-order valence-electron chi connectivity index (χ1n) is 10.6. The van der Waals surface area contributed by atoms with E-state index in [0.717, 1.165) is 22.7 Å². The molecule has 0 atom stereocenters. The van der Waals surface area contributed by atoms with Crippen LogP contribution in [0.4, 0.5) is 0 Å². The number of aromatic nitrogens is 2. The maximum absolute atomic E-state index is 12.7. The van der Waals surface area contributed by atoms with E-state index in [1.807, 2.05) is 30.5 Å². The molecule has 8 heteroatoms. The molecule has 170 valence electrons. The Balaban J connectivity index is 2.06. The van der Waals surface area contributed by atoms with Gasteiger partial charge in [0, 0.05) is 40.4 Å². The van der Waals surface area contributed by atoms with Gasteiger partial charge in [-0.25, -0.2) is 18.1 Å². The Bertz CT molecular complexity index is 1260. The molecular formula is C24H30N4O2S2. The largest absolute Gasteiger partial charge is 0.330 e. The van der Waals surface area contributed by atoms with Crippen LogP contribution in [0.3, 0.4) is 0 Å². The number of nitrogens with one attached hydrogen (secondary N) is 1. The lowest BCUT2D eigenvalue weighted by molar-refractivity contribution is 0.511. The van der Waals surface area contributed by atoms with Crippen molar-refractivity contribution in [3.63, 3.8) is 0 Å². The molecule has 0 aliphatic heterocycles. The quantitative estimate of drug-likeness (QED) is 0.530. The van der Waals surface area contributed by atoms with Crippen LogP contribution in [0.5, 0.6) is 0 Å². The number of rotatable bonds is 7. The molecule has 3 aromatic rings. The molecule has 0 radical (unpaired) electrons. The normalized spacial score (nSPS) is 12.3. The summed E-state index contributed by atoms with van der Waals surface area (Å²) in [5, 5.41) is 9.89. The standard InChI is InChI=1S/C24H30N4O2S2/c1-16(2)11-19-13-21(22(31-19)32(29,30)26-6)20-8-7-17(12-18(20)14-25)15-28-10-9-27-23(28)24(3,4)5/h7-10,12-13,16,26H,11,15H2,1-6H3. The fourth-order valence-corrected chi connectivity index (χ4v) is 6.47. The first kappa shape index (κ1) is 24.2. The highest BCUT2D eigenvalue weighted by Gasteiger charge is 2.24. The van der Waals surface area contributed by atoms with Gasteiger partial charge in [-0.05, 0) is 37.1 Å². The van der Waals surface area contributed by atoms with Crippen molar-refractivity contribution in [1.29, 1.82) is 5.26 Å². The number of imidazole rings is 1. The van der Waals surface area contributed by atoms with Crippen molar-refractivity contribution in [3.05, 3.63) is 58.5 Å². The second-order valence-corrected chi connectivity index (χ2v) is 12.6. The molecule has 0 fully saturated rings. The number of hydrogen-bond donors (Lipinski definition) is 1. The van der Waals surface area contributed by atoms with Crippen LogP contribution in [-0.4, -0.2) is 25.0 Å². The van der Waals surface area contributed by atoms with Gasteiger partial charge in [0.2, 0.25) is 10.0 Å². The lowest BCUT2D eigenvalue weighted by Gasteiger charge is -2.20. The van der Waals surface area contributed by atoms with E-state index in [0.29, 0.717) is 29.2 Å². The van der Waals surface area contributed by atoms with E-state index in [4.69, 9.17) is 0 Å². The zero-order valence-electron chi connectivity index (χ0n) is 19.4. The van der Waals surface area contributed by atoms with Gasteiger partial charge < -0.3 is 4.57 Å². The van der Waals surface area contributed by atoms with Crippen LogP contribution in [-0.2, 0) is 28.4 Å². The smallest absolute Gasteiger partial charge is 0.250 e. The maximum Gasteiger partial charge on any atom is 0.250 e. The van der Waals surface area contributed by atoms with Crippen molar-refractivity contribution in [2.24, 2.45) is 5.92 Å². The molecule has 0 aliphatic rings. The van der Waals surface area contributed by atoms with Gasteiger partial charge in [-0.2, -0.15) is 5.26 Å². The molecule has 0 spiro atoms. The summed E-state index contributed by atoms with van der Waals surface area (Å²) in [4.78, 5) is 5.48. The third-order valence-corrected chi connectivity index (χ3v) is 8.21. The predicted octanol–water partition coefficient (Wildman–Crippen LogP) is 4.94. The molecule has 32 heavy (non-hydrogen) atoms. The lowest BCUT2D eigenvalue weighted by Crippen LogP contribution is -2.19. The molecule has 6 nitrogen and oxygen atoms in total. The summed E-state index contributed by atoms with van der Waals surface area (Å²) in [5.41, 5.74) is 2.55. The molecule has 0 saturated carbocycles. The van der Waals surface area contributed by atoms with Crippen LogP contribution in [0.15, 0.2) is 40.9 Å². The summed E-state index contributed by atoms with van der Waals surface area (Å²) < 4.78 is 30.2. The second-order valence-electron chi connectivity index (χ2n) is 9.34. The highest BCUT2D eigenvalue weighted by atomic mass is 32.2. The van der Waals surface area contributed by atoms with Crippen molar-refractivity contribution in [1.82, 2.24) is 14.3 Å². The first-order valence-corrected chi connectivity index (χ1v) is 12.9. The van der Waals surface area contributed by atoms with E-state index in [1.165, 1.54) is 18.4 Å². The minimum absolute atomic E-state index is 0.0958. The molecule has 2 aromatic heterocycles. The third-order valence-electron chi connectivity index (χ3n) is 5.11. The lowest BCUT2D eigenvalue weighted by atomic mass is 9.95. The Morgan fingerprint density at radius 1 is 1.22 bits per heavy atom. The van der Waals surface area contributed by atoms with Crippen LogP contribution >= 0.6 is 11.3 Å². The van der Waals surface area contributed by atoms with Gasteiger partial charge in [-0.3, -0.25) is 0 Å². The molecule has 2 heterocycles. The molecule has 1 N–H and O–H groups in total. The van der Waals surface area contributed by atoms with E-state index in [-0.39, 0.29) is 9.62 Å². The van der Waals surface area contributed by atoms with Gasteiger partial charge in [0.15, 0.2) is 0 Å². The third kappa shape index (κ3) is 5.12. The average Bonchev–Trinajstić information content (AvgIpc) is 3.34. The van der Waals surface area contributed by atoms with E-state index in [9.17, 15) is 13.7 Å². The summed E-state index contributed by atoms with van der Waals surface area (Å²) in [6, 6.07) is 9.84. The van der Waals surface area contributed by atoms with Gasteiger partial charge in [0.25, 0.3) is 0 Å². The van der Waals surface area contributed by atoms with Gasteiger partial charge >= 0.3 is 0 Å². The zero-order chi connectivity index (χ0) is 23.7. The topological polar surface area (TPSA) is 87.8 Å². The Hall–Kier alpha value is -2.47. The van der Waals surface area contributed by atoms with E-state index in [2.05, 4.69) is 55.0 Å². The SMILES string of the molecule is CNS(=O)(=O)c1sc(CC(C)C)cc1-c1ccc(Cn2ccnc2C(C)(C)C)cc1C#N. The fourth-order valence-electron chi connectivity index (χ4n) is 3.70. The average molecular weight is 471 g/mol. The molecule has 0 amide bonds. The number of nitriles is 1. The van der Waals surface area contributed by atoms with Crippen molar-refractivity contribution in [2.75, 3.05) is 7.05 Å².